The number of pyridine rings is 1. The second-order valence-electron chi connectivity index (χ2n) is 9.11. The van der Waals surface area contributed by atoms with Crippen molar-refractivity contribution in [3.8, 4) is 5.82 Å². The summed E-state index contributed by atoms with van der Waals surface area (Å²) in [7, 11) is 0. The molecule has 3 heterocycles. The van der Waals surface area contributed by atoms with E-state index in [1.165, 1.54) is 11.0 Å². The van der Waals surface area contributed by atoms with Crippen LogP contribution in [0.15, 0.2) is 48.7 Å². The third kappa shape index (κ3) is 4.26. The van der Waals surface area contributed by atoms with Crippen molar-refractivity contribution in [3.05, 3.63) is 65.7 Å². The third-order valence-electron chi connectivity index (χ3n) is 5.49. The third-order valence-corrected chi connectivity index (χ3v) is 5.49. The van der Waals surface area contributed by atoms with Crippen LogP contribution in [0.3, 0.4) is 0 Å². The monoisotopic (exact) mass is 435 g/mol. The van der Waals surface area contributed by atoms with Crippen molar-refractivity contribution in [2.75, 3.05) is 16.8 Å². The lowest BCUT2D eigenvalue weighted by Gasteiger charge is -2.18. The zero-order valence-corrected chi connectivity index (χ0v) is 18.6. The summed E-state index contributed by atoms with van der Waals surface area (Å²) in [5.74, 6) is -0.613. The summed E-state index contributed by atoms with van der Waals surface area (Å²) >= 11 is 0. The number of carbonyl (C=O) groups excluding carboxylic acids is 2. The number of aromatic nitrogens is 3. The molecule has 2 amide bonds. The minimum absolute atomic E-state index is 0.0169. The first kappa shape index (κ1) is 21.7. The number of rotatable bonds is 4. The molecule has 1 fully saturated rings. The molecule has 0 radical (unpaired) electrons. The van der Waals surface area contributed by atoms with Gasteiger partial charge >= 0.3 is 0 Å². The molecule has 1 unspecified atom stereocenters. The molecule has 0 bridgehead atoms. The number of amides is 2. The SMILES string of the molecule is Cc1ccc(N2CC(C(=O)Nc3cc(C(C)(C)C)nn3-c3ccccn3)CC2=O)c(F)c1. The Hall–Kier alpha value is -3.55. The normalized spacial score (nSPS) is 16.5. The number of hydrogen-bond donors (Lipinski definition) is 1. The highest BCUT2D eigenvalue weighted by Crippen LogP contribution is 2.30. The van der Waals surface area contributed by atoms with Crippen LogP contribution >= 0.6 is 0 Å². The molecule has 0 aliphatic carbocycles. The molecule has 166 valence electrons. The van der Waals surface area contributed by atoms with Gasteiger partial charge in [0.1, 0.15) is 11.6 Å². The van der Waals surface area contributed by atoms with Gasteiger partial charge in [0.15, 0.2) is 5.82 Å². The summed E-state index contributed by atoms with van der Waals surface area (Å²) in [5, 5.41) is 7.55. The summed E-state index contributed by atoms with van der Waals surface area (Å²) in [5.41, 5.74) is 1.53. The second-order valence-corrected chi connectivity index (χ2v) is 9.11. The standard InChI is InChI=1S/C24H26FN5O2/c1-15-8-9-18(17(25)11-15)29-14-16(12-22(29)31)23(32)27-21-13-19(24(2,3)4)28-30(21)20-7-5-6-10-26-20/h5-11,13,16H,12,14H2,1-4H3,(H,27,32). The molecule has 3 aromatic rings. The zero-order chi connectivity index (χ0) is 23.0. The smallest absolute Gasteiger partial charge is 0.230 e. The molecule has 4 rings (SSSR count). The first-order chi connectivity index (χ1) is 15.1. The Labute approximate surface area is 186 Å². The van der Waals surface area contributed by atoms with Crippen molar-refractivity contribution in [1.82, 2.24) is 14.8 Å². The minimum atomic E-state index is -0.603. The van der Waals surface area contributed by atoms with E-state index in [4.69, 9.17) is 0 Å². The van der Waals surface area contributed by atoms with Crippen LogP contribution in [0, 0.1) is 18.7 Å². The van der Waals surface area contributed by atoms with Gasteiger partial charge in [0.2, 0.25) is 11.8 Å². The Bertz CT molecular complexity index is 1170. The summed E-state index contributed by atoms with van der Waals surface area (Å²) in [6, 6.07) is 12.0. The maximum atomic E-state index is 14.4. The van der Waals surface area contributed by atoms with E-state index in [2.05, 4.69) is 15.4 Å². The highest BCUT2D eigenvalue weighted by Gasteiger charge is 2.36. The Kier molecular flexibility index (Phi) is 5.54. The fourth-order valence-corrected chi connectivity index (χ4v) is 3.67. The molecular formula is C24H26FN5O2. The van der Waals surface area contributed by atoms with Crippen molar-refractivity contribution >= 4 is 23.3 Å². The van der Waals surface area contributed by atoms with E-state index in [-0.39, 0.29) is 35.9 Å². The molecule has 1 aliphatic rings. The molecule has 1 saturated heterocycles. The number of carbonyl (C=O) groups is 2. The Morgan fingerprint density at radius 3 is 2.62 bits per heavy atom. The molecule has 1 N–H and O–H groups in total. The molecule has 2 aromatic heterocycles. The maximum absolute atomic E-state index is 14.4. The van der Waals surface area contributed by atoms with Crippen LogP contribution in [0.1, 0.15) is 38.4 Å². The molecule has 1 aliphatic heterocycles. The van der Waals surface area contributed by atoms with Crippen LogP contribution in [0.5, 0.6) is 0 Å². The van der Waals surface area contributed by atoms with Gasteiger partial charge in [-0.05, 0) is 36.8 Å². The predicted molar refractivity (Wildman–Crippen MR) is 120 cm³/mol. The second kappa shape index (κ2) is 8.18. The quantitative estimate of drug-likeness (QED) is 0.672. The summed E-state index contributed by atoms with van der Waals surface area (Å²) in [6.07, 6.45) is 1.67. The zero-order valence-electron chi connectivity index (χ0n) is 18.6. The molecule has 0 spiro atoms. The van der Waals surface area contributed by atoms with E-state index >= 15 is 0 Å². The topological polar surface area (TPSA) is 80.1 Å². The van der Waals surface area contributed by atoms with Gasteiger partial charge in [0, 0.05) is 30.6 Å². The summed E-state index contributed by atoms with van der Waals surface area (Å²) < 4.78 is 16.0. The van der Waals surface area contributed by atoms with Crippen molar-refractivity contribution in [3.63, 3.8) is 0 Å². The van der Waals surface area contributed by atoms with Crippen LogP contribution in [0.4, 0.5) is 15.9 Å². The Balaban J connectivity index is 1.58. The lowest BCUT2D eigenvalue weighted by molar-refractivity contribution is -0.122. The van der Waals surface area contributed by atoms with E-state index in [0.717, 1.165) is 11.3 Å². The van der Waals surface area contributed by atoms with Crippen LogP contribution in [-0.2, 0) is 15.0 Å². The summed E-state index contributed by atoms with van der Waals surface area (Å²) in [6.45, 7) is 8.01. The van der Waals surface area contributed by atoms with E-state index in [0.29, 0.717) is 11.6 Å². The van der Waals surface area contributed by atoms with Gasteiger partial charge in [-0.25, -0.2) is 9.37 Å². The number of benzene rings is 1. The number of hydrogen-bond acceptors (Lipinski definition) is 4. The Morgan fingerprint density at radius 1 is 1.19 bits per heavy atom. The van der Waals surface area contributed by atoms with Gasteiger partial charge < -0.3 is 10.2 Å². The molecular weight excluding hydrogens is 409 g/mol. The average Bonchev–Trinajstić information content (AvgIpc) is 3.33. The average molecular weight is 436 g/mol. The lowest BCUT2D eigenvalue weighted by Crippen LogP contribution is -2.29. The number of nitrogens with zero attached hydrogens (tertiary/aromatic N) is 4. The van der Waals surface area contributed by atoms with Crippen molar-refractivity contribution in [1.29, 1.82) is 0 Å². The first-order valence-corrected chi connectivity index (χ1v) is 10.5. The molecule has 8 heteroatoms. The highest BCUT2D eigenvalue weighted by atomic mass is 19.1. The van der Waals surface area contributed by atoms with Crippen molar-refractivity contribution < 1.29 is 14.0 Å². The van der Waals surface area contributed by atoms with Gasteiger partial charge in [0.25, 0.3) is 0 Å². The minimum Gasteiger partial charge on any atom is -0.310 e. The number of aryl methyl sites for hydroxylation is 1. The number of nitrogens with one attached hydrogen (secondary N) is 1. The number of halogens is 1. The van der Waals surface area contributed by atoms with E-state index in [1.807, 2.05) is 32.9 Å². The summed E-state index contributed by atoms with van der Waals surface area (Å²) in [4.78, 5) is 31.3. The molecule has 32 heavy (non-hydrogen) atoms. The first-order valence-electron chi connectivity index (χ1n) is 10.5. The largest absolute Gasteiger partial charge is 0.310 e. The van der Waals surface area contributed by atoms with Gasteiger partial charge in [-0.1, -0.05) is 32.9 Å². The fraction of sp³-hybridized carbons (Fsp3) is 0.333. The molecule has 7 nitrogen and oxygen atoms in total. The van der Waals surface area contributed by atoms with Crippen LogP contribution in [-0.4, -0.2) is 33.1 Å². The number of anilines is 2. The van der Waals surface area contributed by atoms with Gasteiger partial charge in [-0.3, -0.25) is 9.59 Å². The lowest BCUT2D eigenvalue weighted by atomic mass is 9.92. The molecule has 1 aromatic carbocycles. The van der Waals surface area contributed by atoms with Gasteiger partial charge in [-0.15, -0.1) is 0 Å². The fourth-order valence-electron chi connectivity index (χ4n) is 3.67. The van der Waals surface area contributed by atoms with Crippen molar-refractivity contribution in [2.45, 2.75) is 39.5 Å². The van der Waals surface area contributed by atoms with E-state index in [9.17, 15) is 14.0 Å². The van der Waals surface area contributed by atoms with Gasteiger partial charge in [0.05, 0.1) is 17.3 Å². The van der Waals surface area contributed by atoms with E-state index in [1.54, 1.807) is 42.1 Å². The predicted octanol–water partition coefficient (Wildman–Crippen LogP) is 4.00. The Morgan fingerprint density at radius 2 is 1.97 bits per heavy atom. The highest BCUT2D eigenvalue weighted by molar-refractivity contribution is 6.03. The molecule has 0 saturated carbocycles. The molecule has 1 atom stereocenters. The van der Waals surface area contributed by atoms with Crippen LogP contribution in [0.2, 0.25) is 0 Å². The van der Waals surface area contributed by atoms with Gasteiger partial charge in [-0.2, -0.15) is 9.78 Å². The van der Waals surface area contributed by atoms with Crippen LogP contribution < -0.4 is 10.2 Å². The van der Waals surface area contributed by atoms with Crippen LogP contribution in [0.25, 0.3) is 5.82 Å². The van der Waals surface area contributed by atoms with E-state index < -0.39 is 11.7 Å². The maximum Gasteiger partial charge on any atom is 0.230 e. The van der Waals surface area contributed by atoms with Crippen molar-refractivity contribution in [2.24, 2.45) is 5.92 Å².